The Morgan fingerprint density at radius 3 is 2.36 bits per heavy atom. The average molecular weight is 365 g/mol. The maximum atomic E-state index is 12.4. The molecule has 134 valence electrons. The molecule has 1 aliphatic heterocycles. The van der Waals surface area contributed by atoms with E-state index in [0.29, 0.717) is 38.4 Å². The molecule has 0 amide bonds. The normalized spacial score (nSPS) is 16.8. The van der Waals surface area contributed by atoms with Gasteiger partial charge in [0.2, 0.25) is 10.0 Å². The lowest BCUT2D eigenvalue weighted by atomic mass is 10.1. The number of nitrogens with zero attached hydrogens (tertiary/aromatic N) is 3. The number of aromatic carboxylic acids is 1. The lowest BCUT2D eigenvalue weighted by Gasteiger charge is -2.33. The molecule has 1 aromatic carbocycles. The summed E-state index contributed by atoms with van der Waals surface area (Å²) < 4.78 is 30.9. The van der Waals surface area contributed by atoms with Gasteiger partial charge in [-0.1, -0.05) is 17.3 Å². The number of carbonyl (C=O) groups is 1. The van der Waals surface area contributed by atoms with Crippen molar-refractivity contribution in [3.8, 4) is 0 Å². The maximum absolute atomic E-state index is 12.4. The molecule has 3 rings (SSSR count). The summed E-state index contributed by atoms with van der Waals surface area (Å²) in [5.74, 6) is -1.10. The second-order valence-electron chi connectivity index (χ2n) is 5.92. The van der Waals surface area contributed by atoms with Crippen molar-refractivity contribution in [2.24, 2.45) is 0 Å². The van der Waals surface area contributed by atoms with Gasteiger partial charge in [0.05, 0.1) is 11.3 Å². The summed E-state index contributed by atoms with van der Waals surface area (Å²) in [6.07, 6.45) is 1.36. The Labute approximate surface area is 145 Å². The monoisotopic (exact) mass is 365 g/mol. The summed E-state index contributed by atoms with van der Waals surface area (Å²) in [6.45, 7) is 2.76. The smallest absolute Gasteiger partial charge is 0.335 e. The van der Waals surface area contributed by atoms with E-state index >= 15 is 0 Å². The van der Waals surface area contributed by atoms with Crippen LogP contribution in [0.5, 0.6) is 0 Å². The Morgan fingerprint density at radius 2 is 1.80 bits per heavy atom. The van der Waals surface area contributed by atoms with Crippen LogP contribution in [0.25, 0.3) is 0 Å². The highest BCUT2D eigenvalue weighted by molar-refractivity contribution is 7.88. The quantitative estimate of drug-likeness (QED) is 0.815. The molecule has 0 aliphatic carbocycles. The van der Waals surface area contributed by atoms with Gasteiger partial charge >= 0.3 is 5.97 Å². The largest absolute Gasteiger partial charge is 0.478 e. The Balaban J connectivity index is 1.54. The van der Waals surface area contributed by atoms with Crippen molar-refractivity contribution in [1.29, 1.82) is 0 Å². The van der Waals surface area contributed by atoms with Gasteiger partial charge in [0.25, 0.3) is 0 Å². The summed E-state index contributed by atoms with van der Waals surface area (Å²) in [5, 5.41) is 12.6. The van der Waals surface area contributed by atoms with Gasteiger partial charge in [-0.2, -0.15) is 4.31 Å². The predicted octanol–water partition coefficient (Wildman–Crippen LogP) is 1.02. The molecule has 0 radical (unpaired) electrons. The van der Waals surface area contributed by atoms with E-state index < -0.39 is 16.0 Å². The van der Waals surface area contributed by atoms with Crippen LogP contribution in [-0.2, 0) is 22.3 Å². The second kappa shape index (κ2) is 7.34. The molecule has 1 aromatic heterocycles. The Hall–Kier alpha value is -2.23. The summed E-state index contributed by atoms with van der Waals surface area (Å²) in [6, 6.07) is 8.29. The van der Waals surface area contributed by atoms with E-state index in [1.54, 1.807) is 30.3 Å². The number of rotatable bonds is 6. The number of sulfonamides is 1. The molecule has 0 unspecified atom stereocenters. The van der Waals surface area contributed by atoms with Crippen molar-refractivity contribution in [3.63, 3.8) is 0 Å². The highest BCUT2D eigenvalue weighted by atomic mass is 32.2. The summed E-state index contributed by atoms with van der Waals surface area (Å²) >= 11 is 0. The van der Waals surface area contributed by atoms with Crippen LogP contribution >= 0.6 is 0 Å². The molecule has 1 aliphatic rings. The van der Waals surface area contributed by atoms with Gasteiger partial charge in [-0.15, -0.1) is 0 Å². The molecule has 0 atom stereocenters. The van der Waals surface area contributed by atoms with Crippen molar-refractivity contribution in [2.45, 2.75) is 12.3 Å². The van der Waals surface area contributed by atoms with Crippen molar-refractivity contribution < 1.29 is 22.8 Å². The van der Waals surface area contributed by atoms with E-state index in [9.17, 15) is 13.2 Å². The summed E-state index contributed by atoms with van der Waals surface area (Å²) in [5.41, 5.74) is 1.66. The lowest BCUT2D eigenvalue weighted by Crippen LogP contribution is -2.48. The van der Waals surface area contributed by atoms with Crippen LogP contribution in [0, 0.1) is 0 Å². The minimum absolute atomic E-state index is 0.153. The number of hydrogen-bond acceptors (Lipinski definition) is 6. The minimum Gasteiger partial charge on any atom is -0.478 e. The number of carboxylic acid groups (broad SMARTS) is 1. The molecule has 0 saturated carbocycles. The number of carboxylic acids is 1. The van der Waals surface area contributed by atoms with E-state index in [-0.39, 0.29) is 11.3 Å². The Morgan fingerprint density at radius 1 is 1.12 bits per heavy atom. The lowest BCUT2D eigenvalue weighted by molar-refractivity contribution is 0.0697. The maximum Gasteiger partial charge on any atom is 0.335 e. The van der Waals surface area contributed by atoms with Gasteiger partial charge in [-0.05, 0) is 17.7 Å². The first kappa shape index (κ1) is 17.6. The van der Waals surface area contributed by atoms with Gasteiger partial charge in [0, 0.05) is 38.8 Å². The molecule has 2 heterocycles. The average Bonchev–Trinajstić information content (AvgIpc) is 3.08. The molecule has 1 fully saturated rings. The third kappa shape index (κ3) is 4.44. The molecule has 0 bridgehead atoms. The standard InChI is InChI=1S/C16H19N3O5S/c20-16(21)14-3-1-13(2-4-14)11-18-6-8-19(9-7-18)25(22,23)12-15-5-10-24-17-15/h1-5,10H,6-9,11-12H2,(H,20,21). The van der Waals surface area contributed by atoms with Crippen LogP contribution in [0.15, 0.2) is 41.1 Å². The molecule has 25 heavy (non-hydrogen) atoms. The molecule has 0 spiro atoms. The van der Waals surface area contributed by atoms with Crippen molar-refractivity contribution in [1.82, 2.24) is 14.4 Å². The number of hydrogen-bond donors (Lipinski definition) is 1. The SMILES string of the molecule is O=C(O)c1ccc(CN2CCN(S(=O)(=O)Cc3ccon3)CC2)cc1. The van der Waals surface area contributed by atoms with Gasteiger partial charge in [-0.3, -0.25) is 4.90 Å². The van der Waals surface area contributed by atoms with E-state index in [1.165, 1.54) is 10.6 Å². The van der Waals surface area contributed by atoms with Crippen LogP contribution in [-0.4, -0.2) is 60.0 Å². The van der Waals surface area contributed by atoms with Crippen LogP contribution in [0.1, 0.15) is 21.6 Å². The van der Waals surface area contributed by atoms with Crippen molar-refractivity contribution >= 4 is 16.0 Å². The van der Waals surface area contributed by atoms with Crippen molar-refractivity contribution in [3.05, 3.63) is 53.4 Å². The summed E-state index contributed by atoms with van der Waals surface area (Å²) in [7, 11) is -3.40. The predicted molar refractivity (Wildman–Crippen MR) is 89.4 cm³/mol. The Bertz CT molecular complexity index is 810. The highest BCUT2D eigenvalue weighted by Crippen LogP contribution is 2.15. The van der Waals surface area contributed by atoms with E-state index in [1.807, 2.05) is 0 Å². The third-order valence-electron chi connectivity index (χ3n) is 4.15. The molecule has 8 nitrogen and oxygen atoms in total. The fourth-order valence-electron chi connectivity index (χ4n) is 2.77. The number of aromatic nitrogens is 1. The number of piperazine rings is 1. The highest BCUT2D eigenvalue weighted by Gasteiger charge is 2.27. The van der Waals surface area contributed by atoms with Crippen LogP contribution < -0.4 is 0 Å². The van der Waals surface area contributed by atoms with Crippen LogP contribution in [0.4, 0.5) is 0 Å². The Kier molecular flexibility index (Phi) is 5.16. The molecular formula is C16H19N3O5S. The third-order valence-corrected chi connectivity index (χ3v) is 5.97. The fourth-order valence-corrected chi connectivity index (χ4v) is 4.19. The number of benzene rings is 1. The first-order chi connectivity index (χ1) is 11.9. The zero-order chi connectivity index (χ0) is 17.9. The molecule has 1 saturated heterocycles. The van der Waals surface area contributed by atoms with E-state index in [2.05, 4.69) is 14.6 Å². The van der Waals surface area contributed by atoms with Crippen molar-refractivity contribution in [2.75, 3.05) is 26.2 Å². The van der Waals surface area contributed by atoms with Crippen LogP contribution in [0.3, 0.4) is 0 Å². The zero-order valence-electron chi connectivity index (χ0n) is 13.5. The minimum atomic E-state index is -3.40. The molecule has 2 aromatic rings. The van der Waals surface area contributed by atoms with Gasteiger partial charge in [0.1, 0.15) is 12.0 Å². The fraction of sp³-hybridized carbons (Fsp3) is 0.375. The van der Waals surface area contributed by atoms with Gasteiger partial charge in [0.15, 0.2) is 0 Å². The molecule has 9 heteroatoms. The first-order valence-electron chi connectivity index (χ1n) is 7.86. The van der Waals surface area contributed by atoms with Gasteiger partial charge < -0.3 is 9.63 Å². The molecular weight excluding hydrogens is 346 g/mol. The topological polar surface area (TPSA) is 104 Å². The summed E-state index contributed by atoms with van der Waals surface area (Å²) in [4.78, 5) is 13.0. The van der Waals surface area contributed by atoms with E-state index in [0.717, 1.165) is 5.56 Å². The molecule has 1 N–H and O–H groups in total. The van der Waals surface area contributed by atoms with Gasteiger partial charge in [-0.25, -0.2) is 13.2 Å². The first-order valence-corrected chi connectivity index (χ1v) is 9.46. The zero-order valence-corrected chi connectivity index (χ0v) is 14.4. The second-order valence-corrected chi connectivity index (χ2v) is 7.89. The van der Waals surface area contributed by atoms with Crippen LogP contribution in [0.2, 0.25) is 0 Å². The van der Waals surface area contributed by atoms with E-state index in [4.69, 9.17) is 5.11 Å².